The van der Waals surface area contributed by atoms with E-state index >= 15 is 0 Å². The monoisotopic (exact) mass is 464 g/mol. The van der Waals surface area contributed by atoms with Crippen LogP contribution in [0.2, 0.25) is 0 Å². The maximum absolute atomic E-state index is 13.4. The molecule has 4 rings (SSSR count). The highest BCUT2D eigenvalue weighted by Gasteiger charge is 2.28. The molecule has 1 unspecified atom stereocenters. The number of rotatable bonds is 9. The highest BCUT2D eigenvalue weighted by Crippen LogP contribution is 2.39. The van der Waals surface area contributed by atoms with Gasteiger partial charge in [-0.3, -0.25) is 9.59 Å². The molecule has 2 aromatic heterocycles. The lowest BCUT2D eigenvalue weighted by molar-refractivity contribution is -0.122. The average Bonchev–Trinajstić information content (AvgIpc) is 3.70. The van der Waals surface area contributed by atoms with Crippen molar-refractivity contribution in [2.75, 3.05) is 12.4 Å². The number of anilines is 2. The lowest BCUT2D eigenvalue weighted by Crippen LogP contribution is -2.50. The SMILES string of the molecule is CN/C=C(/NC(=O)c1nc(C2CC2)ccc1Nc1cncnc1)C(N)C(=O)NC1CCCCC1. The van der Waals surface area contributed by atoms with Crippen molar-refractivity contribution in [3.8, 4) is 0 Å². The molecule has 0 aromatic carbocycles. The number of carbonyl (C=O) groups is 2. The number of aromatic nitrogens is 3. The predicted octanol–water partition coefficient (Wildman–Crippen LogP) is 2.06. The van der Waals surface area contributed by atoms with Gasteiger partial charge < -0.3 is 27.0 Å². The second kappa shape index (κ2) is 11.1. The van der Waals surface area contributed by atoms with Crippen molar-refractivity contribution in [1.82, 2.24) is 30.9 Å². The van der Waals surface area contributed by atoms with Crippen molar-refractivity contribution in [1.29, 1.82) is 0 Å². The molecule has 0 bridgehead atoms. The molecule has 2 fully saturated rings. The highest BCUT2D eigenvalue weighted by molar-refractivity contribution is 6.00. The molecule has 2 aliphatic rings. The van der Waals surface area contributed by atoms with Crippen LogP contribution in [-0.4, -0.2) is 45.9 Å². The number of nitrogens with zero attached hydrogens (tertiary/aromatic N) is 3. The Morgan fingerprint density at radius 3 is 2.50 bits per heavy atom. The van der Waals surface area contributed by atoms with Crippen LogP contribution in [0.3, 0.4) is 0 Å². The van der Waals surface area contributed by atoms with Crippen LogP contribution in [0.15, 0.2) is 42.8 Å². The molecule has 2 saturated carbocycles. The molecule has 0 aliphatic heterocycles. The topological polar surface area (TPSA) is 147 Å². The summed E-state index contributed by atoms with van der Waals surface area (Å²) in [5.41, 5.74) is 8.76. The first-order valence-corrected chi connectivity index (χ1v) is 11.8. The lowest BCUT2D eigenvalue weighted by atomic mass is 9.95. The van der Waals surface area contributed by atoms with Gasteiger partial charge in [0, 0.05) is 30.9 Å². The van der Waals surface area contributed by atoms with Crippen LogP contribution in [0.25, 0.3) is 0 Å². The number of nitrogens with two attached hydrogens (primary N) is 1. The lowest BCUT2D eigenvalue weighted by Gasteiger charge is -2.25. The van der Waals surface area contributed by atoms with Crippen molar-refractivity contribution in [2.24, 2.45) is 5.73 Å². The van der Waals surface area contributed by atoms with Crippen LogP contribution in [-0.2, 0) is 4.79 Å². The van der Waals surface area contributed by atoms with Crippen LogP contribution < -0.4 is 27.0 Å². The zero-order chi connectivity index (χ0) is 23.9. The van der Waals surface area contributed by atoms with Gasteiger partial charge in [-0.2, -0.15) is 0 Å². The maximum Gasteiger partial charge on any atom is 0.276 e. The molecule has 0 spiro atoms. The van der Waals surface area contributed by atoms with Crippen molar-refractivity contribution in [3.63, 3.8) is 0 Å². The third-order valence-corrected chi connectivity index (χ3v) is 6.09. The van der Waals surface area contributed by atoms with Gasteiger partial charge >= 0.3 is 0 Å². The van der Waals surface area contributed by atoms with Crippen LogP contribution in [0.1, 0.15) is 67.0 Å². The largest absolute Gasteiger partial charge is 0.393 e. The number of nitrogens with one attached hydrogen (secondary N) is 4. The Morgan fingerprint density at radius 1 is 1.09 bits per heavy atom. The van der Waals surface area contributed by atoms with E-state index in [0.29, 0.717) is 17.3 Å². The number of hydrogen-bond acceptors (Lipinski definition) is 8. The first kappa shape index (κ1) is 23.6. The summed E-state index contributed by atoms with van der Waals surface area (Å²) in [7, 11) is 1.69. The molecule has 2 aromatic rings. The van der Waals surface area contributed by atoms with E-state index in [0.717, 1.165) is 44.2 Å². The Kier molecular flexibility index (Phi) is 7.69. The number of carbonyl (C=O) groups excluding carboxylic acids is 2. The van der Waals surface area contributed by atoms with E-state index < -0.39 is 11.9 Å². The molecule has 2 heterocycles. The van der Waals surface area contributed by atoms with E-state index in [1.54, 1.807) is 19.4 Å². The normalized spacial score (nSPS) is 17.5. The fourth-order valence-corrected chi connectivity index (χ4v) is 4.10. The molecule has 0 radical (unpaired) electrons. The minimum Gasteiger partial charge on any atom is -0.393 e. The summed E-state index contributed by atoms with van der Waals surface area (Å²) in [5.74, 6) is -0.394. The molecule has 1 atom stereocenters. The molecular formula is C24H32N8O2. The van der Waals surface area contributed by atoms with E-state index in [1.165, 1.54) is 18.9 Å². The summed E-state index contributed by atoms with van der Waals surface area (Å²) >= 11 is 0. The minimum absolute atomic E-state index is 0.125. The highest BCUT2D eigenvalue weighted by atomic mass is 16.2. The molecule has 34 heavy (non-hydrogen) atoms. The van der Waals surface area contributed by atoms with Crippen molar-refractivity contribution in [3.05, 3.63) is 54.1 Å². The van der Waals surface area contributed by atoms with Gasteiger partial charge in [-0.05, 0) is 37.8 Å². The Hall–Kier alpha value is -3.53. The van der Waals surface area contributed by atoms with Crippen LogP contribution >= 0.6 is 0 Å². The molecule has 10 nitrogen and oxygen atoms in total. The van der Waals surface area contributed by atoms with Gasteiger partial charge in [0.25, 0.3) is 5.91 Å². The summed E-state index contributed by atoms with van der Waals surface area (Å²) in [6, 6.07) is 2.86. The fourth-order valence-electron chi connectivity index (χ4n) is 4.10. The van der Waals surface area contributed by atoms with E-state index in [-0.39, 0.29) is 23.3 Å². The summed E-state index contributed by atoms with van der Waals surface area (Å²) in [6.07, 6.45) is 13.6. The first-order chi connectivity index (χ1) is 16.5. The third kappa shape index (κ3) is 6.07. The molecular weight excluding hydrogens is 432 g/mol. The standard InChI is InChI=1S/C24H32N8O2/c1-26-13-20(21(25)23(33)30-16-5-3-2-4-6-16)32-24(34)22-19(29-17-11-27-14-28-12-17)10-9-18(31-22)15-7-8-15/h9-16,21,26,29H,2-8,25H2,1H3,(H,30,33)(H,32,34)/b20-13+. The molecule has 180 valence electrons. The summed E-state index contributed by atoms with van der Waals surface area (Å²) in [4.78, 5) is 38.8. The number of hydrogen-bond donors (Lipinski definition) is 5. The number of pyridine rings is 1. The smallest absolute Gasteiger partial charge is 0.276 e. The summed E-state index contributed by atoms with van der Waals surface area (Å²) < 4.78 is 0. The Morgan fingerprint density at radius 2 is 1.82 bits per heavy atom. The molecule has 6 N–H and O–H groups in total. The van der Waals surface area contributed by atoms with E-state index in [2.05, 4.69) is 36.2 Å². The third-order valence-electron chi connectivity index (χ3n) is 6.09. The molecule has 0 saturated heterocycles. The first-order valence-electron chi connectivity index (χ1n) is 11.8. The van der Waals surface area contributed by atoms with Crippen molar-refractivity contribution >= 4 is 23.2 Å². The second-order valence-electron chi connectivity index (χ2n) is 8.82. The Balaban J connectivity index is 1.52. The van der Waals surface area contributed by atoms with E-state index in [9.17, 15) is 9.59 Å². The fraction of sp³-hybridized carbons (Fsp3) is 0.458. The maximum atomic E-state index is 13.4. The van der Waals surface area contributed by atoms with Gasteiger partial charge in [-0.15, -0.1) is 0 Å². The van der Waals surface area contributed by atoms with E-state index in [1.807, 2.05) is 12.1 Å². The summed E-state index contributed by atoms with van der Waals surface area (Å²) in [6.45, 7) is 0. The van der Waals surface area contributed by atoms with Gasteiger partial charge in [0.2, 0.25) is 5.91 Å². The Labute approximate surface area is 199 Å². The number of amides is 2. The predicted molar refractivity (Wildman–Crippen MR) is 129 cm³/mol. The zero-order valence-electron chi connectivity index (χ0n) is 19.4. The van der Waals surface area contributed by atoms with Crippen LogP contribution in [0.5, 0.6) is 0 Å². The van der Waals surface area contributed by atoms with Gasteiger partial charge in [0.15, 0.2) is 5.69 Å². The zero-order valence-corrected chi connectivity index (χ0v) is 19.4. The van der Waals surface area contributed by atoms with Crippen molar-refractivity contribution in [2.45, 2.75) is 62.9 Å². The Bertz CT molecular complexity index is 1030. The molecule has 2 amide bonds. The molecule has 2 aliphatic carbocycles. The van der Waals surface area contributed by atoms with Crippen molar-refractivity contribution < 1.29 is 9.59 Å². The van der Waals surface area contributed by atoms with Gasteiger partial charge in [0.1, 0.15) is 12.4 Å². The van der Waals surface area contributed by atoms with Gasteiger partial charge in [-0.25, -0.2) is 15.0 Å². The second-order valence-corrected chi connectivity index (χ2v) is 8.82. The molecule has 10 heteroatoms. The summed E-state index contributed by atoms with van der Waals surface area (Å²) in [5, 5.41) is 11.9. The van der Waals surface area contributed by atoms with Crippen LogP contribution in [0.4, 0.5) is 11.4 Å². The van der Waals surface area contributed by atoms with Crippen LogP contribution in [0, 0.1) is 0 Å². The minimum atomic E-state index is -1.02. The van der Waals surface area contributed by atoms with E-state index in [4.69, 9.17) is 5.73 Å². The average molecular weight is 465 g/mol. The van der Waals surface area contributed by atoms with Gasteiger partial charge in [-0.1, -0.05) is 19.3 Å². The van der Waals surface area contributed by atoms with Gasteiger partial charge in [0.05, 0.1) is 29.5 Å². The quantitative estimate of drug-likeness (QED) is 0.379.